The minimum absolute atomic E-state index is 0.147. The molecule has 1 aromatic rings. The Balaban J connectivity index is 2.94. The van der Waals surface area contributed by atoms with E-state index in [9.17, 15) is 0 Å². The van der Waals surface area contributed by atoms with Gasteiger partial charge in [-0.3, -0.25) is 0 Å². The van der Waals surface area contributed by atoms with E-state index in [4.69, 9.17) is 11.6 Å². The molecule has 1 heteroatoms. The summed E-state index contributed by atoms with van der Waals surface area (Å²) in [4.78, 5) is 0. The quantitative estimate of drug-likeness (QED) is 0.508. The number of hydrogen-bond donors (Lipinski definition) is 0. The standard InChI is InChI=1S/C13H13Cl/c1-3-8-11(4-2)13(14)12-9-6-5-7-10-12/h3-10,13H,1-2H2/b11-8+. The van der Waals surface area contributed by atoms with Gasteiger partial charge in [0.2, 0.25) is 0 Å². The molecule has 1 aromatic carbocycles. The van der Waals surface area contributed by atoms with E-state index in [-0.39, 0.29) is 5.38 Å². The summed E-state index contributed by atoms with van der Waals surface area (Å²) >= 11 is 6.26. The van der Waals surface area contributed by atoms with Crippen molar-refractivity contribution in [1.29, 1.82) is 0 Å². The Bertz CT molecular complexity index is 336. The second-order valence-electron chi connectivity index (χ2n) is 2.88. The van der Waals surface area contributed by atoms with Crippen LogP contribution in [0.3, 0.4) is 0 Å². The van der Waals surface area contributed by atoms with Gasteiger partial charge in [-0.1, -0.05) is 61.7 Å². The maximum absolute atomic E-state index is 6.26. The highest BCUT2D eigenvalue weighted by molar-refractivity contribution is 6.22. The summed E-state index contributed by atoms with van der Waals surface area (Å²) in [5.74, 6) is 0. The lowest BCUT2D eigenvalue weighted by atomic mass is 10.0. The van der Waals surface area contributed by atoms with Crippen LogP contribution < -0.4 is 0 Å². The van der Waals surface area contributed by atoms with Crippen LogP contribution >= 0.6 is 11.6 Å². The van der Waals surface area contributed by atoms with Crippen LogP contribution in [0.5, 0.6) is 0 Å². The zero-order valence-electron chi connectivity index (χ0n) is 7.99. The third-order valence-electron chi connectivity index (χ3n) is 1.93. The van der Waals surface area contributed by atoms with Gasteiger partial charge < -0.3 is 0 Å². The number of alkyl halides is 1. The van der Waals surface area contributed by atoms with Crippen molar-refractivity contribution in [2.45, 2.75) is 5.38 Å². The molecule has 0 saturated carbocycles. The Hall–Kier alpha value is -1.27. The van der Waals surface area contributed by atoms with E-state index in [1.54, 1.807) is 12.2 Å². The highest BCUT2D eigenvalue weighted by atomic mass is 35.5. The summed E-state index contributed by atoms with van der Waals surface area (Å²) in [6, 6.07) is 9.91. The molecule has 0 amide bonds. The van der Waals surface area contributed by atoms with E-state index in [2.05, 4.69) is 13.2 Å². The van der Waals surface area contributed by atoms with Crippen molar-refractivity contribution in [3.63, 3.8) is 0 Å². The van der Waals surface area contributed by atoms with Crippen LogP contribution in [-0.4, -0.2) is 0 Å². The number of rotatable bonds is 4. The third-order valence-corrected chi connectivity index (χ3v) is 2.43. The summed E-state index contributed by atoms with van der Waals surface area (Å²) in [6.45, 7) is 7.37. The molecule has 72 valence electrons. The Labute approximate surface area is 90.2 Å². The maximum atomic E-state index is 6.26. The van der Waals surface area contributed by atoms with Gasteiger partial charge in [0.1, 0.15) is 0 Å². The van der Waals surface area contributed by atoms with Gasteiger partial charge in [-0.05, 0) is 11.1 Å². The van der Waals surface area contributed by atoms with E-state index < -0.39 is 0 Å². The average molecular weight is 205 g/mol. The second kappa shape index (κ2) is 5.46. The summed E-state index contributed by atoms with van der Waals surface area (Å²) in [5.41, 5.74) is 2.04. The van der Waals surface area contributed by atoms with Crippen LogP contribution in [-0.2, 0) is 0 Å². The summed E-state index contributed by atoms with van der Waals surface area (Å²) in [5, 5.41) is -0.147. The Kier molecular flexibility index (Phi) is 4.21. The van der Waals surface area contributed by atoms with Gasteiger partial charge in [-0.15, -0.1) is 11.6 Å². The number of allylic oxidation sites excluding steroid dienone is 4. The highest BCUT2D eigenvalue weighted by Crippen LogP contribution is 2.28. The lowest BCUT2D eigenvalue weighted by Crippen LogP contribution is -1.92. The van der Waals surface area contributed by atoms with Crippen LogP contribution in [0.4, 0.5) is 0 Å². The third kappa shape index (κ3) is 2.61. The maximum Gasteiger partial charge on any atom is 0.0835 e. The number of benzene rings is 1. The summed E-state index contributed by atoms with van der Waals surface area (Å²) < 4.78 is 0. The normalized spacial score (nSPS) is 13.4. The molecule has 0 saturated heterocycles. The predicted molar refractivity (Wildman–Crippen MR) is 63.5 cm³/mol. The highest BCUT2D eigenvalue weighted by Gasteiger charge is 2.09. The Morgan fingerprint density at radius 3 is 2.36 bits per heavy atom. The molecular weight excluding hydrogens is 192 g/mol. The van der Waals surface area contributed by atoms with Crippen LogP contribution in [0, 0.1) is 0 Å². The molecule has 0 aliphatic rings. The predicted octanol–water partition coefficient (Wildman–Crippen LogP) is 4.26. The molecule has 0 radical (unpaired) electrons. The SMILES string of the molecule is C=C/C=C(\C=C)C(Cl)c1ccccc1. The first-order valence-corrected chi connectivity index (χ1v) is 4.87. The molecule has 0 heterocycles. The fourth-order valence-electron chi connectivity index (χ4n) is 1.21. The van der Waals surface area contributed by atoms with Crippen molar-refractivity contribution in [1.82, 2.24) is 0 Å². The van der Waals surface area contributed by atoms with Gasteiger partial charge in [0, 0.05) is 0 Å². The Morgan fingerprint density at radius 1 is 1.21 bits per heavy atom. The van der Waals surface area contributed by atoms with Crippen molar-refractivity contribution in [3.05, 3.63) is 72.9 Å². The molecule has 0 aliphatic carbocycles. The van der Waals surface area contributed by atoms with Gasteiger partial charge in [0.25, 0.3) is 0 Å². The van der Waals surface area contributed by atoms with E-state index in [1.807, 2.05) is 36.4 Å². The minimum atomic E-state index is -0.147. The van der Waals surface area contributed by atoms with Gasteiger partial charge in [0.05, 0.1) is 5.38 Å². The molecule has 0 bridgehead atoms. The van der Waals surface area contributed by atoms with Crippen molar-refractivity contribution >= 4 is 11.6 Å². The smallest absolute Gasteiger partial charge is 0.0835 e. The first kappa shape index (κ1) is 10.8. The largest absolute Gasteiger partial charge is 0.113 e. The fourth-order valence-corrected chi connectivity index (χ4v) is 1.51. The first-order valence-electron chi connectivity index (χ1n) is 4.43. The molecule has 0 N–H and O–H groups in total. The molecule has 1 unspecified atom stereocenters. The monoisotopic (exact) mass is 204 g/mol. The molecule has 0 spiro atoms. The molecular formula is C13H13Cl. The van der Waals surface area contributed by atoms with Gasteiger partial charge >= 0.3 is 0 Å². The van der Waals surface area contributed by atoms with Gasteiger partial charge in [-0.25, -0.2) is 0 Å². The molecule has 0 nitrogen and oxygen atoms in total. The minimum Gasteiger partial charge on any atom is -0.113 e. The molecule has 0 fully saturated rings. The van der Waals surface area contributed by atoms with Gasteiger partial charge in [0.15, 0.2) is 0 Å². The first-order chi connectivity index (χ1) is 6.79. The molecule has 1 atom stereocenters. The fraction of sp³-hybridized carbons (Fsp3) is 0.0769. The average Bonchev–Trinajstić information content (AvgIpc) is 2.26. The van der Waals surface area contributed by atoms with E-state index in [0.29, 0.717) is 0 Å². The molecule has 1 rings (SSSR count). The van der Waals surface area contributed by atoms with Crippen LogP contribution in [0.15, 0.2) is 67.3 Å². The zero-order valence-corrected chi connectivity index (χ0v) is 8.74. The molecule has 0 aromatic heterocycles. The van der Waals surface area contributed by atoms with Crippen LogP contribution in [0.25, 0.3) is 0 Å². The van der Waals surface area contributed by atoms with Crippen LogP contribution in [0.1, 0.15) is 10.9 Å². The van der Waals surface area contributed by atoms with Crippen molar-refractivity contribution in [2.75, 3.05) is 0 Å². The zero-order chi connectivity index (χ0) is 10.4. The van der Waals surface area contributed by atoms with E-state index in [0.717, 1.165) is 11.1 Å². The van der Waals surface area contributed by atoms with Crippen molar-refractivity contribution in [2.24, 2.45) is 0 Å². The Morgan fingerprint density at radius 2 is 1.86 bits per heavy atom. The van der Waals surface area contributed by atoms with Crippen molar-refractivity contribution < 1.29 is 0 Å². The molecule has 14 heavy (non-hydrogen) atoms. The summed E-state index contributed by atoms with van der Waals surface area (Å²) in [6.07, 6.45) is 5.35. The second-order valence-corrected chi connectivity index (χ2v) is 3.32. The van der Waals surface area contributed by atoms with E-state index in [1.165, 1.54) is 0 Å². The van der Waals surface area contributed by atoms with Crippen LogP contribution in [0.2, 0.25) is 0 Å². The topological polar surface area (TPSA) is 0 Å². The summed E-state index contributed by atoms with van der Waals surface area (Å²) in [7, 11) is 0. The lowest BCUT2D eigenvalue weighted by Gasteiger charge is -2.10. The van der Waals surface area contributed by atoms with Crippen molar-refractivity contribution in [3.8, 4) is 0 Å². The number of hydrogen-bond acceptors (Lipinski definition) is 0. The van der Waals surface area contributed by atoms with Gasteiger partial charge in [-0.2, -0.15) is 0 Å². The molecule has 0 aliphatic heterocycles. The van der Waals surface area contributed by atoms with E-state index >= 15 is 0 Å². The lowest BCUT2D eigenvalue weighted by molar-refractivity contribution is 1.15. The number of halogens is 1.